The first-order chi connectivity index (χ1) is 9.20. The summed E-state index contributed by atoms with van der Waals surface area (Å²) in [5.41, 5.74) is 0.811. The van der Waals surface area contributed by atoms with E-state index in [4.69, 9.17) is 5.14 Å². The third kappa shape index (κ3) is 2.89. The van der Waals surface area contributed by atoms with Gasteiger partial charge in [-0.3, -0.25) is 4.57 Å². The molecule has 0 saturated heterocycles. The predicted octanol–water partition coefficient (Wildman–Crippen LogP) is 1.32. The van der Waals surface area contributed by atoms with Crippen LogP contribution in [-0.2, 0) is 16.6 Å². The van der Waals surface area contributed by atoms with E-state index in [0.29, 0.717) is 12.4 Å². The molecule has 2 rings (SSSR count). The van der Waals surface area contributed by atoms with E-state index in [1.54, 1.807) is 4.57 Å². The molecular formula is C11H17N5O2S2. The van der Waals surface area contributed by atoms with Crippen LogP contribution < -0.4 is 5.14 Å². The fourth-order valence-corrected chi connectivity index (χ4v) is 3.47. The van der Waals surface area contributed by atoms with Crippen LogP contribution in [0.3, 0.4) is 0 Å². The Morgan fingerprint density at radius 2 is 1.95 bits per heavy atom. The summed E-state index contributed by atoms with van der Waals surface area (Å²) in [5, 5.41) is 13.6. The zero-order valence-corrected chi connectivity index (χ0v) is 13.4. The molecule has 0 atom stereocenters. The Morgan fingerprint density at radius 1 is 1.30 bits per heavy atom. The summed E-state index contributed by atoms with van der Waals surface area (Å²) in [5.74, 6) is 0.741. The maximum atomic E-state index is 11.6. The number of nitrogens with two attached hydrogens (primary N) is 1. The highest BCUT2D eigenvalue weighted by atomic mass is 32.2. The summed E-state index contributed by atoms with van der Waals surface area (Å²) in [6.07, 6.45) is 0. The van der Waals surface area contributed by atoms with Gasteiger partial charge in [0.25, 0.3) is 15.2 Å². The molecule has 9 heteroatoms. The van der Waals surface area contributed by atoms with Gasteiger partial charge in [-0.2, -0.15) is 0 Å². The van der Waals surface area contributed by atoms with Crippen LogP contribution in [0.25, 0.3) is 10.7 Å². The highest BCUT2D eigenvalue weighted by Gasteiger charge is 2.24. The Morgan fingerprint density at radius 3 is 2.40 bits per heavy atom. The molecule has 0 amide bonds. The molecule has 0 fully saturated rings. The lowest BCUT2D eigenvalue weighted by molar-refractivity contribution is 0.486. The average Bonchev–Trinajstić information content (AvgIpc) is 2.80. The van der Waals surface area contributed by atoms with Gasteiger partial charge in [-0.1, -0.05) is 13.8 Å². The fraction of sp³-hybridized carbons (Fsp3) is 0.545. The standard InChI is InChI=1S/C11H17N5O2S2/c1-6(2)5-16-10(9-7(3)13-8(4)19-9)14-15-11(16)20(12,17)18/h6H,5H2,1-4H3,(H2,12,17,18). The molecule has 0 bridgehead atoms. The van der Waals surface area contributed by atoms with Gasteiger partial charge in [-0.15, -0.1) is 21.5 Å². The van der Waals surface area contributed by atoms with Crippen molar-refractivity contribution in [2.45, 2.75) is 39.4 Å². The smallest absolute Gasteiger partial charge is 0.273 e. The first kappa shape index (κ1) is 15.1. The quantitative estimate of drug-likeness (QED) is 0.916. The van der Waals surface area contributed by atoms with Crippen molar-refractivity contribution in [1.29, 1.82) is 0 Å². The Kier molecular flexibility index (Phi) is 3.94. The largest absolute Gasteiger partial charge is 0.296 e. The second-order valence-corrected chi connectivity index (χ2v) is 7.66. The van der Waals surface area contributed by atoms with Gasteiger partial charge < -0.3 is 0 Å². The van der Waals surface area contributed by atoms with Crippen molar-refractivity contribution in [3.05, 3.63) is 10.7 Å². The molecule has 110 valence electrons. The summed E-state index contributed by atoms with van der Waals surface area (Å²) < 4.78 is 24.8. The minimum atomic E-state index is -3.90. The summed E-state index contributed by atoms with van der Waals surface area (Å²) in [6, 6.07) is 0. The fourth-order valence-electron chi connectivity index (χ4n) is 1.94. The molecule has 20 heavy (non-hydrogen) atoms. The number of rotatable bonds is 4. The lowest BCUT2D eigenvalue weighted by Crippen LogP contribution is -2.20. The van der Waals surface area contributed by atoms with Crippen molar-refractivity contribution in [2.75, 3.05) is 0 Å². The van der Waals surface area contributed by atoms with Crippen molar-refractivity contribution in [3.8, 4) is 10.7 Å². The number of sulfonamides is 1. The molecule has 7 nitrogen and oxygen atoms in total. The third-order valence-corrected chi connectivity index (χ3v) is 4.51. The minimum absolute atomic E-state index is 0.202. The number of aryl methyl sites for hydroxylation is 2. The van der Waals surface area contributed by atoms with E-state index in [0.717, 1.165) is 15.6 Å². The van der Waals surface area contributed by atoms with Crippen LogP contribution in [0.15, 0.2) is 5.16 Å². The SMILES string of the molecule is Cc1nc(C)c(-c2nnc(S(N)(=O)=O)n2CC(C)C)s1. The molecule has 2 aromatic rings. The summed E-state index contributed by atoms with van der Waals surface area (Å²) in [6.45, 7) is 8.21. The van der Waals surface area contributed by atoms with E-state index < -0.39 is 10.0 Å². The summed E-state index contributed by atoms with van der Waals surface area (Å²) >= 11 is 1.46. The zero-order valence-electron chi connectivity index (χ0n) is 11.8. The van der Waals surface area contributed by atoms with Crippen LogP contribution >= 0.6 is 11.3 Å². The second-order valence-electron chi connectivity index (χ2n) is 5.00. The van der Waals surface area contributed by atoms with E-state index >= 15 is 0 Å². The van der Waals surface area contributed by atoms with Gasteiger partial charge in [-0.05, 0) is 19.8 Å². The molecule has 0 aromatic carbocycles. The van der Waals surface area contributed by atoms with Crippen LogP contribution in [0.1, 0.15) is 24.5 Å². The molecule has 0 radical (unpaired) electrons. The number of hydrogen-bond acceptors (Lipinski definition) is 6. The Bertz CT molecular complexity index is 730. The number of hydrogen-bond donors (Lipinski definition) is 1. The van der Waals surface area contributed by atoms with Crippen molar-refractivity contribution in [2.24, 2.45) is 11.1 Å². The number of thiazole rings is 1. The minimum Gasteiger partial charge on any atom is -0.296 e. The lowest BCUT2D eigenvalue weighted by atomic mass is 10.2. The molecule has 2 N–H and O–H groups in total. The maximum absolute atomic E-state index is 11.6. The first-order valence-electron chi connectivity index (χ1n) is 6.10. The van der Waals surface area contributed by atoms with Crippen LogP contribution in [0.4, 0.5) is 0 Å². The third-order valence-electron chi connectivity index (χ3n) is 2.63. The zero-order chi connectivity index (χ0) is 15.1. The maximum Gasteiger partial charge on any atom is 0.273 e. The average molecular weight is 315 g/mol. The van der Waals surface area contributed by atoms with Gasteiger partial charge in [0.05, 0.1) is 15.6 Å². The molecule has 0 unspecified atom stereocenters. The van der Waals surface area contributed by atoms with Crippen LogP contribution in [-0.4, -0.2) is 28.2 Å². The Balaban J connectivity index is 2.65. The molecule has 0 aliphatic heterocycles. The molecular weight excluding hydrogens is 298 g/mol. The molecule has 2 aromatic heterocycles. The number of nitrogens with zero attached hydrogens (tertiary/aromatic N) is 4. The summed E-state index contributed by atoms with van der Waals surface area (Å²) in [7, 11) is -3.90. The van der Waals surface area contributed by atoms with E-state index in [9.17, 15) is 8.42 Å². The van der Waals surface area contributed by atoms with Gasteiger partial charge >= 0.3 is 0 Å². The monoisotopic (exact) mass is 315 g/mol. The first-order valence-corrected chi connectivity index (χ1v) is 8.47. The van der Waals surface area contributed by atoms with Crippen molar-refractivity contribution < 1.29 is 8.42 Å². The number of aromatic nitrogens is 4. The van der Waals surface area contributed by atoms with E-state index in [1.165, 1.54) is 11.3 Å². The van der Waals surface area contributed by atoms with E-state index in [2.05, 4.69) is 15.2 Å². The Hall–Kier alpha value is -1.32. The topological polar surface area (TPSA) is 104 Å². The van der Waals surface area contributed by atoms with Crippen LogP contribution in [0.5, 0.6) is 0 Å². The van der Waals surface area contributed by atoms with Crippen LogP contribution in [0, 0.1) is 19.8 Å². The normalized spacial score (nSPS) is 12.3. The van der Waals surface area contributed by atoms with Gasteiger partial charge in [0.2, 0.25) is 0 Å². The van der Waals surface area contributed by atoms with Crippen LogP contribution in [0.2, 0.25) is 0 Å². The van der Waals surface area contributed by atoms with Crippen molar-refractivity contribution in [3.63, 3.8) is 0 Å². The van der Waals surface area contributed by atoms with E-state index in [-0.39, 0.29) is 11.1 Å². The van der Waals surface area contributed by atoms with Gasteiger partial charge in [-0.25, -0.2) is 18.5 Å². The van der Waals surface area contributed by atoms with Crippen molar-refractivity contribution in [1.82, 2.24) is 19.7 Å². The van der Waals surface area contributed by atoms with Gasteiger partial charge in [0.15, 0.2) is 5.82 Å². The molecule has 0 saturated carbocycles. The second kappa shape index (κ2) is 5.23. The van der Waals surface area contributed by atoms with Gasteiger partial charge in [0, 0.05) is 6.54 Å². The number of primary sulfonamides is 1. The lowest BCUT2D eigenvalue weighted by Gasteiger charge is -2.11. The Labute approximate surface area is 121 Å². The highest BCUT2D eigenvalue weighted by molar-refractivity contribution is 7.89. The highest BCUT2D eigenvalue weighted by Crippen LogP contribution is 2.29. The molecule has 0 spiro atoms. The predicted molar refractivity (Wildman–Crippen MR) is 76.8 cm³/mol. The van der Waals surface area contributed by atoms with E-state index in [1.807, 2.05) is 27.7 Å². The molecule has 0 aliphatic carbocycles. The summed E-state index contributed by atoms with van der Waals surface area (Å²) in [4.78, 5) is 5.16. The van der Waals surface area contributed by atoms with Crippen molar-refractivity contribution >= 4 is 21.4 Å². The molecule has 0 aliphatic rings. The van der Waals surface area contributed by atoms with Gasteiger partial charge in [0.1, 0.15) is 0 Å². The molecule has 2 heterocycles.